The minimum atomic E-state index is 0. The van der Waals surface area contributed by atoms with Gasteiger partial charge >= 0.3 is 20.4 Å². The zero-order chi connectivity index (χ0) is 11.2. The van der Waals surface area contributed by atoms with Gasteiger partial charge in [-0.05, 0) is 5.92 Å². The van der Waals surface area contributed by atoms with Crippen LogP contribution in [0, 0.1) is 5.92 Å². The molecule has 0 nitrogen and oxygen atoms in total. The van der Waals surface area contributed by atoms with Gasteiger partial charge in [-0.2, -0.15) is 3.69 Å². The van der Waals surface area contributed by atoms with Crippen LogP contribution >= 0.6 is 12.4 Å². The molecule has 1 aliphatic rings. The number of hydrogen-bond donors (Lipinski definition) is 0. The van der Waals surface area contributed by atoms with Gasteiger partial charge in [-0.1, -0.05) is 75.8 Å². The molecular weight excluding hydrogens is 240 g/mol. The van der Waals surface area contributed by atoms with Gasteiger partial charge in [0.15, 0.2) is 0 Å². The van der Waals surface area contributed by atoms with E-state index < -0.39 is 0 Å². The molecule has 92 valence electrons. The first kappa shape index (κ1) is 15.3. The molecule has 0 heterocycles. The Morgan fingerprint density at radius 2 is 1.71 bits per heavy atom. The van der Waals surface area contributed by atoms with Crippen LogP contribution in [0.2, 0.25) is 4.05 Å². The Kier molecular flexibility index (Phi) is 7.57. The van der Waals surface area contributed by atoms with Crippen LogP contribution in [0.25, 0.3) is 0 Å². The van der Waals surface area contributed by atoms with Crippen molar-refractivity contribution in [2.24, 2.45) is 5.92 Å². The van der Waals surface area contributed by atoms with Crippen molar-refractivity contribution < 1.29 is 0 Å². The Hall–Kier alpha value is 0.276. The molecule has 1 aromatic carbocycles. The molecule has 1 aliphatic carbocycles. The first-order chi connectivity index (χ1) is 7.88. The van der Waals surface area contributed by atoms with Gasteiger partial charge in [0.1, 0.15) is 0 Å². The summed E-state index contributed by atoms with van der Waals surface area (Å²) in [5, 5.41) is 0. The van der Waals surface area contributed by atoms with E-state index in [0.29, 0.717) is 0 Å². The first-order valence-corrected chi connectivity index (χ1v) is 8.44. The molecule has 0 spiro atoms. The van der Waals surface area contributed by atoms with E-state index in [-0.39, 0.29) is 32.8 Å². The molecule has 2 heteroatoms. The van der Waals surface area contributed by atoms with Crippen LogP contribution in [0.3, 0.4) is 0 Å². The molecule has 17 heavy (non-hydrogen) atoms. The van der Waals surface area contributed by atoms with Gasteiger partial charge in [0, 0.05) is 0 Å². The average molecular weight is 263 g/mol. The molecule has 0 atom stereocenters. The summed E-state index contributed by atoms with van der Waals surface area (Å²) in [7, 11) is 0. The molecule has 0 saturated heterocycles. The molecule has 1 fully saturated rings. The molecule has 2 rings (SSSR count). The lowest BCUT2D eigenvalue weighted by Gasteiger charge is -2.28. The standard InChI is InChI=1S/C9H17.C6H5.ClH.Mg/c1-2-6-9-7-4-3-5-8-9;1-2-4-6-5-3-1;;/h3,9H,2,4-8H2,1H3;1-5H;1H;. The maximum atomic E-state index is 2.34. The van der Waals surface area contributed by atoms with E-state index in [4.69, 9.17) is 0 Å². The Morgan fingerprint density at radius 1 is 1.06 bits per heavy atom. The number of halogens is 1. The highest BCUT2D eigenvalue weighted by Gasteiger charge is 2.22. The average Bonchev–Trinajstić information content (AvgIpc) is 2.33. The molecule has 0 aliphatic heterocycles. The molecule has 1 aromatic rings. The molecular formula is C15H23ClMg. The Bertz CT molecular complexity index is 291. The summed E-state index contributed by atoms with van der Waals surface area (Å²) in [6, 6.07) is 11.2. The summed E-state index contributed by atoms with van der Waals surface area (Å²) >= 11 is 0.00621. The van der Waals surface area contributed by atoms with Crippen molar-refractivity contribution in [2.45, 2.75) is 49.5 Å². The molecule has 0 unspecified atom stereocenters. The second kappa shape index (κ2) is 8.39. The number of hydrogen-bond acceptors (Lipinski definition) is 0. The molecule has 0 N–H and O–H groups in total. The smallest absolute Gasteiger partial charge is 0.173 e. The minimum absolute atomic E-state index is 0. The second-order valence-corrected chi connectivity index (χ2v) is 7.74. The molecule has 0 amide bonds. The van der Waals surface area contributed by atoms with E-state index in [9.17, 15) is 0 Å². The first-order valence-electron chi connectivity index (χ1n) is 6.92. The lowest BCUT2D eigenvalue weighted by atomic mass is 9.86. The summed E-state index contributed by atoms with van der Waals surface area (Å²) in [5.41, 5.74) is 0. The van der Waals surface area contributed by atoms with Crippen LogP contribution in [0.15, 0.2) is 30.3 Å². The zero-order valence-corrected chi connectivity index (χ0v) is 13.1. The summed E-state index contributed by atoms with van der Waals surface area (Å²) in [6.45, 7) is 2.32. The third-order valence-corrected chi connectivity index (χ3v) is 6.37. The maximum Gasteiger partial charge on any atom is 0.412 e. The SMILES string of the molecule is CCCC1CC[CH]([Mg][c]2ccccc2)CC1.Cl. The van der Waals surface area contributed by atoms with Crippen LogP contribution in [-0.4, -0.2) is 20.4 Å². The number of benzene rings is 1. The van der Waals surface area contributed by atoms with Crippen LogP contribution in [0.5, 0.6) is 0 Å². The minimum Gasteiger partial charge on any atom is -0.173 e. The predicted molar refractivity (Wildman–Crippen MR) is 79.7 cm³/mol. The molecule has 1 saturated carbocycles. The van der Waals surface area contributed by atoms with Gasteiger partial charge in [0.25, 0.3) is 0 Å². The topological polar surface area (TPSA) is 0 Å². The van der Waals surface area contributed by atoms with Crippen molar-refractivity contribution in [3.8, 4) is 0 Å². The van der Waals surface area contributed by atoms with Crippen molar-refractivity contribution in [3.05, 3.63) is 30.3 Å². The van der Waals surface area contributed by atoms with Gasteiger partial charge in [-0.25, -0.2) is 0 Å². The number of rotatable bonds is 4. The van der Waals surface area contributed by atoms with Gasteiger partial charge in [-0.3, -0.25) is 0 Å². The van der Waals surface area contributed by atoms with E-state index >= 15 is 0 Å². The lowest BCUT2D eigenvalue weighted by Crippen LogP contribution is -2.23. The Labute approximate surface area is 122 Å². The predicted octanol–water partition coefficient (Wildman–Crippen LogP) is 4.22. The zero-order valence-electron chi connectivity index (χ0n) is 10.9. The lowest BCUT2D eigenvalue weighted by molar-refractivity contribution is 0.336. The van der Waals surface area contributed by atoms with Crippen molar-refractivity contribution in [1.82, 2.24) is 0 Å². The van der Waals surface area contributed by atoms with Gasteiger partial charge in [0.05, 0.1) is 0 Å². The normalized spacial score (nSPS) is 23.6. The highest BCUT2D eigenvalue weighted by Crippen LogP contribution is 2.34. The third-order valence-electron chi connectivity index (χ3n) is 4.03. The second-order valence-electron chi connectivity index (χ2n) is 5.37. The molecule has 0 aromatic heterocycles. The van der Waals surface area contributed by atoms with Crippen molar-refractivity contribution in [3.63, 3.8) is 0 Å². The summed E-state index contributed by atoms with van der Waals surface area (Å²) in [5.74, 6) is 1.06. The fourth-order valence-corrected chi connectivity index (χ4v) is 5.17. The van der Waals surface area contributed by atoms with Crippen LogP contribution in [-0.2, 0) is 0 Å². The van der Waals surface area contributed by atoms with E-state index in [1.54, 1.807) is 3.69 Å². The van der Waals surface area contributed by atoms with Crippen LogP contribution in [0.4, 0.5) is 0 Å². The van der Waals surface area contributed by atoms with Crippen molar-refractivity contribution >= 4 is 36.5 Å². The Morgan fingerprint density at radius 3 is 2.29 bits per heavy atom. The van der Waals surface area contributed by atoms with E-state index in [2.05, 4.69) is 37.3 Å². The van der Waals surface area contributed by atoms with Crippen molar-refractivity contribution in [2.75, 3.05) is 0 Å². The fourth-order valence-electron chi connectivity index (χ4n) is 3.08. The quantitative estimate of drug-likeness (QED) is 0.713. The highest BCUT2D eigenvalue weighted by atomic mass is 35.5. The third kappa shape index (κ3) is 5.19. The van der Waals surface area contributed by atoms with E-state index in [1.165, 1.54) is 38.5 Å². The van der Waals surface area contributed by atoms with Gasteiger partial charge in [-0.15, -0.1) is 16.5 Å². The summed E-state index contributed by atoms with van der Waals surface area (Å²) in [6.07, 6.45) is 8.92. The van der Waals surface area contributed by atoms with E-state index in [1.807, 2.05) is 0 Å². The van der Waals surface area contributed by atoms with Gasteiger partial charge in [0.2, 0.25) is 0 Å². The van der Waals surface area contributed by atoms with Crippen LogP contribution < -0.4 is 3.69 Å². The largest absolute Gasteiger partial charge is 0.412 e. The maximum absolute atomic E-state index is 2.34. The summed E-state index contributed by atoms with van der Waals surface area (Å²) in [4.78, 5) is 0. The van der Waals surface area contributed by atoms with Gasteiger partial charge < -0.3 is 0 Å². The highest BCUT2D eigenvalue weighted by molar-refractivity contribution is 6.54. The van der Waals surface area contributed by atoms with Crippen LogP contribution in [0.1, 0.15) is 45.4 Å². The van der Waals surface area contributed by atoms with Crippen molar-refractivity contribution in [1.29, 1.82) is 0 Å². The Balaban J connectivity index is 0.00000144. The summed E-state index contributed by atoms with van der Waals surface area (Å²) < 4.78 is 2.76. The fraction of sp³-hybridized carbons (Fsp3) is 0.600. The molecule has 0 bridgehead atoms. The monoisotopic (exact) mass is 262 g/mol. The van der Waals surface area contributed by atoms with E-state index in [0.717, 1.165) is 9.97 Å². The molecule has 0 radical (unpaired) electrons.